The van der Waals surface area contributed by atoms with Gasteiger partial charge in [0.25, 0.3) is 0 Å². The fourth-order valence-corrected chi connectivity index (χ4v) is 2.98. The maximum Gasteiger partial charge on any atom is 0.125 e. The Labute approximate surface area is 128 Å². The van der Waals surface area contributed by atoms with Crippen LogP contribution in [-0.4, -0.2) is 9.55 Å². The third-order valence-corrected chi connectivity index (χ3v) is 4.06. The average molecular weight is 303 g/mol. The van der Waals surface area contributed by atoms with Crippen molar-refractivity contribution in [3.8, 4) is 0 Å². The smallest absolute Gasteiger partial charge is 0.125 e. The zero-order valence-electron chi connectivity index (χ0n) is 12.0. The molecule has 21 heavy (non-hydrogen) atoms. The van der Waals surface area contributed by atoms with E-state index in [-0.39, 0.29) is 11.9 Å². The SMILES string of the molecule is Cc1cccc2nc(CCl)n(C(C)c3cccc(F)c3)c12. The van der Waals surface area contributed by atoms with Crippen molar-refractivity contribution in [1.82, 2.24) is 9.55 Å². The van der Waals surface area contributed by atoms with Gasteiger partial charge in [0.15, 0.2) is 0 Å². The minimum atomic E-state index is -0.229. The lowest BCUT2D eigenvalue weighted by molar-refractivity contribution is 0.602. The zero-order chi connectivity index (χ0) is 15.0. The molecule has 4 heteroatoms. The molecule has 0 N–H and O–H groups in total. The Bertz CT molecular complexity index is 795. The molecule has 2 nitrogen and oxygen atoms in total. The topological polar surface area (TPSA) is 17.8 Å². The van der Waals surface area contributed by atoms with E-state index in [1.54, 1.807) is 12.1 Å². The van der Waals surface area contributed by atoms with E-state index in [1.807, 2.05) is 25.1 Å². The molecule has 0 spiro atoms. The molecule has 0 aliphatic carbocycles. The summed E-state index contributed by atoms with van der Waals surface area (Å²) in [6.07, 6.45) is 0. The van der Waals surface area contributed by atoms with Crippen LogP contribution in [0.1, 0.15) is 29.9 Å². The first-order valence-electron chi connectivity index (χ1n) is 6.89. The number of hydrogen-bond acceptors (Lipinski definition) is 1. The number of aromatic nitrogens is 2. The molecule has 0 fully saturated rings. The minimum absolute atomic E-state index is 0.0273. The van der Waals surface area contributed by atoms with Gasteiger partial charge >= 0.3 is 0 Å². The molecule has 108 valence electrons. The van der Waals surface area contributed by atoms with Crippen LogP contribution in [-0.2, 0) is 5.88 Å². The quantitative estimate of drug-likeness (QED) is 0.634. The second kappa shape index (κ2) is 5.49. The summed E-state index contributed by atoms with van der Waals surface area (Å²) in [7, 11) is 0. The van der Waals surface area contributed by atoms with E-state index in [1.165, 1.54) is 6.07 Å². The van der Waals surface area contributed by atoms with Crippen LogP contribution in [0.5, 0.6) is 0 Å². The maximum atomic E-state index is 13.5. The van der Waals surface area contributed by atoms with E-state index in [0.29, 0.717) is 5.88 Å². The molecule has 0 aliphatic heterocycles. The highest BCUT2D eigenvalue weighted by molar-refractivity contribution is 6.16. The summed E-state index contributed by atoms with van der Waals surface area (Å²) >= 11 is 6.06. The summed E-state index contributed by atoms with van der Waals surface area (Å²) in [5.74, 6) is 0.902. The predicted molar refractivity (Wildman–Crippen MR) is 84.2 cm³/mol. The van der Waals surface area contributed by atoms with E-state index >= 15 is 0 Å². The first-order valence-corrected chi connectivity index (χ1v) is 7.43. The zero-order valence-corrected chi connectivity index (χ0v) is 12.7. The lowest BCUT2D eigenvalue weighted by atomic mass is 10.1. The van der Waals surface area contributed by atoms with Gasteiger partial charge in [0.2, 0.25) is 0 Å². The average Bonchev–Trinajstić information content (AvgIpc) is 2.86. The van der Waals surface area contributed by atoms with Gasteiger partial charge in [-0.25, -0.2) is 9.37 Å². The standard InChI is InChI=1S/C17H16ClFN2/c1-11-5-3-8-15-17(11)21(16(10-18)20-15)12(2)13-6-4-7-14(19)9-13/h3-9,12H,10H2,1-2H3. The van der Waals surface area contributed by atoms with E-state index in [2.05, 4.69) is 22.5 Å². The predicted octanol–water partition coefficient (Wildman–Crippen LogP) is 4.83. The normalized spacial score (nSPS) is 12.8. The van der Waals surface area contributed by atoms with Crippen molar-refractivity contribution in [3.05, 3.63) is 65.2 Å². The highest BCUT2D eigenvalue weighted by Crippen LogP contribution is 2.29. The number of fused-ring (bicyclic) bond motifs is 1. The van der Waals surface area contributed by atoms with Crippen molar-refractivity contribution in [2.75, 3.05) is 0 Å². The van der Waals surface area contributed by atoms with E-state index < -0.39 is 0 Å². The number of alkyl halides is 1. The number of benzene rings is 2. The van der Waals surface area contributed by atoms with Gasteiger partial charge in [-0.05, 0) is 43.2 Å². The lowest BCUT2D eigenvalue weighted by Gasteiger charge is -2.18. The highest BCUT2D eigenvalue weighted by Gasteiger charge is 2.18. The summed E-state index contributed by atoms with van der Waals surface area (Å²) in [5, 5.41) is 0. The van der Waals surface area contributed by atoms with Gasteiger partial charge in [0.05, 0.1) is 23.0 Å². The van der Waals surface area contributed by atoms with Gasteiger partial charge in [0.1, 0.15) is 11.6 Å². The summed E-state index contributed by atoms with van der Waals surface area (Å²) in [6, 6.07) is 12.7. The van der Waals surface area contributed by atoms with Crippen LogP contribution in [0.2, 0.25) is 0 Å². The molecule has 1 aromatic heterocycles. The third-order valence-electron chi connectivity index (χ3n) is 3.82. The molecule has 3 aromatic rings. The molecule has 1 heterocycles. The lowest BCUT2D eigenvalue weighted by Crippen LogP contribution is -2.10. The molecule has 2 aromatic carbocycles. The Morgan fingerprint density at radius 3 is 2.71 bits per heavy atom. The molecule has 0 radical (unpaired) electrons. The van der Waals surface area contributed by atoms with Crippen LogP contribution >= 0.6 is 11.6 Å². The first kappa shape index (κ1) is 14.1. The molecule has 1 atom stereocenters. The van der Waals surface area contributed by atoms with Crippen LogP contribution < -0.4 is 0 Å². The van der Waals surface area contributed by atoms with Gasteiger partial charge in [-0.1, -0.05) is 24.3 Å². The van der Waals surface area contributed by atoms with Gasteiger partial charge < -0.3 is 4.57 Å². The van der Waals surface area contributed by atoms with Gasteiger partial charge in [-0.2, -0.15) is 0 Å². The molecule has 0 amide bonds. The summed E-state index contributed by atoms with van der Waals surface area (Å²) in [5.41, 5.74) is 4.03. The Morgan fingerprint density at radius 1 is 1.24 bits per heavy atom. The third kappa shape index (κ3) is 2.42. The Hall–Kier alpha value is -1.87. The van der Waals surface area contributed by atoms with E-state index in [4.69, 9.17) is 11.6 Å². The van der Waals surface area contributed by atoms with Crippen molar-refractivity contribution >= 4 is 22.6 Å². The van der Waals surface area contributed by atoms with Crippen molar-refractivity contribution in [1.29, 1.82) is 0 Å². The number of hydrogen-bond donors (Lipinski definition) is 0. The van der Waals surface area contributed by atoms with Gasteiger partial charge in [0, 0.05) is 0 Å². The fraction of sp³-hybridized carbons (Fsp3) is 0.235. The molecule has 3 rings (SSSR count). The van der Waals surface area contributed by atoms with Crippen LogP contribution in [0.15, 0.2) is 42.5 Å². The Morgan fingerprint density at radius 2 is 2.00 bits per heavy atom. The number of para-hydroxylation sites is 1. The molecular formula is C17H16ClFN2. The highest BCUT2D eigenvalue weighted by atomic mass is 35.5. The van der Waals surface area contributed by atoms with Crippen LogP contribution in [0.4, 0.5) is 4.39 Å². The minimum Gasteiger partial charge on any atom is -0.319 e. The van der Waals surface area contributed by atoms with E-state index in [9.17, 15) is 4.39 Å². The maximum absolute atomic E-state index is 13.5. The second-order valence-corrected chi connectivity index (χ2v) is 5.47. The first-order chi connectivity index (χ1) is 10.1. The Balaban J connectivity index is 2.23. The molecule has 0 aliphatic rings. The largest absolute Gasteiger partial charge is 0.319 e. The molecule has 0 saturated heterocycles. The number of imidazole rings is 1. The number of halogens is 2. The van der Waals surface area contributed by atoms with Crippen LogP contribution in [0.3, 0.4) is 0 Å². The second-order valence-electron chi connectivity index (χ2n) is 5.21. The number of rotatable bonds is 3. The van der Waals surface area contributed by atoms with Gasteiger partial charge in [-0.3, -0.25) is 0 Å². The van der Waals surface area contributed by atoms with Gasteiger partial charge in [-0.15, -0.1) is 11.6 Å². The van der Waals surface area contributed by atoms with Crippen LogP contribution in [0, 0.1) is 12.7 Å². The molecule has 0 bridgehead atoms. The van der Waals surface area contributed by atoms with Crippen molar-refractivity contribution in [3.63, 3.8) is 0 Å². The van der Waals surface area contributed by atoms with Crippen LogP contribution in [0.25, 0.3) is 11.0 Å². The summed E-state index contributed by atoms with van der Waals surface area (Å²) < 4.78 is 15.6. The number of nitrogens with zero attached hydrogens (tertiary/aromatic N) is 2. The Kier molecular flexibility index (Phi) is 3.68. The van der Waals surface area contributed by atoms with E-state index in [0.717, 1.165) is 28.0 Å². The van der Waals surface area contributed by atoms with Crippen molar-refractivity contribution < 1.29 is 4.39 Å². The summed E-state index contributed by atoms with van der Waals surface area (Å²) in [6.45, 7) is 4.09. The number of aryl methyl sites for hydroxylation is 1. The molecule has 1 unspecified atom stereocenters. The fourth-order valence-electron chi connectivity index (χ4n) is 2.80. The monoisotopic (exact) mass is 302 g/mol. The molecule has 0 saturated carbocycles. The summed E-state index contributed by atoms with van der Waals surface area (Å²) in [4.78, 5) is 4.60. The van der Waals surface area contributed by atoms with Crippen molar-refractivity contribution in [2.45, 2.75) is 25.8 Å². The molecular weight excluding hydrogens is 287 g/mol. The van der Waals surface area contributed by atoms with Crippen molar-refractivity contribution in [2.24, 2.45) is 0 Å².